The molecule has 178 valence electrons. The van der Waals surface area contributed by atoms with E-state index in [0.717, 1.165) is 31.2 Å². The number of carbonyl (C=O) groups is 1. The predicted molar refractivity (Wildman–Crippen MR) is 126 cm³/mol. The molecule has 1 aliphatic heterocycles. The van der Waals surface area contributed by atoms with Crippen molar-refractivity contribution < 1.29 is 17.7 Å². The number of carbonyl (C=O) groups excluding carboxylic acids is 1. The summed E-state index contributed by atoms with van der Waals surface area (Å²) in [6.45, 7) is 0.607. The number of amides is 1. The van der Waals surface area contributed by atoms with Gasteiger partial charge in [-0.3, -0.25) is 14.3 Å². The molecule has 0 atom stereocenters. The van der Waals surface area contributed by atoms with Crippen LogP contribution in [-0.4, -0.2) is 41.9 Å². The fourth-order valence-electron chi connectivity index (χ4n) is 4.72. The van der Waals surface area contributed by atoms with E-state index in [0.29, 0.717) is 42.1 Å². The van der Waals surface area contributed by atoms with Crippen molar-refractivity contribution in [3.63, 3.8) is 0 Å². The molecule has 10 heteroatoms. The number of nitrogens with zero attached hydrogens (tertiary/aromatic N) is 2. The zero-order valence-corrected chi connectivity index (χ0v) is 19.4. The average Bonchev–Trinajstić information content (AvgIpc) is 3.30. The molecule has 2 aliphatic rings. The van der Waals surface area contributed by atoms with Crippen LogP contribution in [0.1, 0.15) is 36.8 Å². The summed E-state index contributed by atoms with van der Waals surface area (Å²) in [5, 5.41) is 6.55. The van der Waals surface area contributed by atoms with Gasteiger partial charge in [0.05, 0.1) is 4.90 Å². The molecule has 1 saturated heterocycles. The molecule has 2 heterocycles. The van der Waals surface area contributed by atoms with Crippen LogP contribution in [0.4, 0.5) is 5.69 Å². The molecule has 5 rings (SSSR count). The maximum absolute atomic E-state index is 13.2. The molecule has 1 fully saturated rings. The highest BCUT2D eigenvalue weighted by molar-refractivity contribution is 7.89. The van der Waals surface area contributed by atoms with Gasteiger partial charge >= 0.3 is 5.76 Å². The fraction of sp³-hybridized carbons (Fsp3) is 0.375. The van der Waals surface area contributed by atoms with Gasteiger partial charge in [-0.25, -0.2) is 13.2 Å². The summed E-state index contributed by atoms with van der Waals surface area (Å²) in [6.07, 6.45) is 5.08. The Morgan fingerprint density at radius 2 is 1.82 bits per heavy atom. The highest BCUT2D eigenvalue weighted by Crippen LogP contribution is 2.29. The molecule has 0 bridgehead atoms. The van der Waals surface area contributed by atoms with E-state index in [-0.39, 0.29) is 17.6 Å². The minimum absolute atomic E-state index is 0.156. The van der Waals surface area contributed by atoms with E-state index >= 15 is 0 Å². The van der Waals surface area contributed by atoms with Gasteiger partial charge in [-0.1, -0.05) is 23.4 Å². The predicted octanol–water partition coefficient (Wildman–Crippen LogP) is 2.95. The number of hydrogen-bond donors (Lipinski definition) is 2. The van der Waals surface area contributed by atoms with E-state index in [1.807, 2.05) is 12.1 Å². The Kier molecular flexibility index (Phi) is 6.09. The van der Waals surface area contributed by atoms with E-state index in [9.17, 15) is 18.0 Å². The summed E-state index contributed by atoms with van der Waals surface area (Å²) >= 11 is 0. The quantitative estimate of drug-likeness (QED) is 0.576. The van der Waals surface area contributed by atoms with Crippen LogP contribution in [0, 0.1) is 5.92 Å². The van der Waals surface area contributed by atoms with Gasteiger partial charge in [0.25, 0.3) is 0 Å². The normalized spacial score (nSPS) is 17.3. The van der Waals surface area contributed by atoms with Gasteiger partial charge < -0.3 is 5.32 Å². The largest absolute Gasteiger partial charge is 0.439 e. The number of aryl methyl sites for hydroxylation is 2. The van der Waals surface area contributed by atoms with E-state index in [2.05, 4.69) is 20.0 Å². The molecule has 0 saturated carbocycles. The Morgan fingerprint density at radius 3 is 2.56 bits per heavy atom. The van der Waals surface area contributed by atoms with Crippen LogP contribution >= 0.6 is 0 Å². The van der Waals surface area contributed by atoms with Gasteiger partial charge in [0, 0.05) is 30.3 Å². The minimum atomic E-state index is -3.58. The third-order valence-electron chi connectivity index (χ3n) is 6.63. The first-order valence-corrected chi connectivity index (χ1v) is 12.9. The minimum Gasteiger partial charge on any atom is -0.326 e. The first-order valence-electron chi connectivity index (χ1n) is 11.5. The van der Waals surface area contributed by atoms with E-state index in [1.54, 1.807) is 30.3 Å². The lowest BCUT2D eigenvalue weighted by atomic mass is 9.92. The van der Waals surface area contributed by atoms with Crippen molar-refractivity contribution in [3.05, 3.63) is 64.1 Å². The highest BCUT2D eigenvalue weighted by atomic mass is 32.2. The van der Waals surface area contributed by atoms with Crippen LogP contribution < -0.4 is 11.1 Å². The van der Waals surface area contributed by atoms with Crippen molar-refractivity contribution in [1.29, 1.82) is 0 Å². The molecule has 2 aromatic carbocycles. The first-order chi connectivity index (χ1) is 16.4. The zero-order valence-electron chi connectivity index (χ0n) is 18.6. The lowest BCUT2D eigenvalue weighted by Crippen LogP contribution is -2.41. The summed E-state index contributed by atoms with van der Waals surface area (Å²) in [6, 6.07) is 12.4. The van der Waals surface area contributed by atoms with E-state index in [1.165, 1.54) is 9.87 Å². The van der Waals surface area contributed by atoms with Gasteiger partial charge in [0.2, 0.25) is 15.9 Å². The average molecular weight is 483 g/mol. The third kappa shape index (κ3) is 4.55. The second kappa shape index (κ2) is 9.19. The van der Waals surface area contributed by atoms with E-state index in [4.69, 9.17) is 0 Å². The fourth-order valence-corrected chi connectivity index (χ4v) is 6.24. The number of rotatable bonds is 5. The van der Waals surface area contributed by atoms with Crippen LogP contribution in [0.5, 0.6) is 0 Å². The number of piperidine rings is 1. The van der Waals surface area contributed by atoms with Crippen molar-refractivity contribution >= 4 is 21.6 Å². The second-order valence-corrected chi connectivity index (χ2v) is 10.8. The monoisotopic (exact) mass is 482 g/mol. The van der Waals surface area contributed by atoms with Crippen LogP contribution in [0.3, 0.4) is 0 Å². The SMILES string of the molecule is O=C(Nc1cccc(-c2noc(=O)[nH]2)c1)C1CCN(S(=O)(=O)c2ccc3c(c2)CCCC3)CC1. The third-order valence-corrected chi connectivity index (χ3v) is 8.52. The molecule has 0 spiro atoms. The molecule has 2 N–H and O–H groups in total. The van der Waals surface area contributed by atoms with Gasteiger partial charge in [0.15, 0.2) is 5.82 Å². The molecule has 9 nitrogen and oxygen atoms in total. The molecular formula is C24H26N4O5S. The topological polar surface area (TPSA) is 125 Å². The maximum Gasteiger partial charge on any atom is 0.439 e. The van der Waals surface area contributed by atoms with Crippen molar-refractivity contribution in [3.8, 4) is 11.4 Å². The zero-order chi connectivity index (χ0) is 23.7. The number of benzene rings is 2. The summed E-state index contributed by atoms with van der Waals surface area (Å²) in [7, 11) is -3.58. The number of sulfonamides is 1. The number of H-pyrrole nitrogens is 1. The molecule has 3 aromatic rings. The summed E-state index contributed by atoms with van der Waals surface area (Å²) in [5.41, 5.74) is 3.56. The number of anilines is 1. The molecule has 1 aromatic heterocycles. The van der Waals surface area contributed by atoms with Crippen LogP contribution in [-0.2, 0) is 27.7 Å². The van der Waals surface area contributed by atoms with Gasteiger partial charge in [-0.05, 0) is 73.9 Å². The van der Waals surface area contributed by atoms with Crippen molar-refractivity contribution in [2.45, 2.75) is 43.4 Å². The molecule has 1 aliphatic carbocycles. The van der Waals surface area contributed by atoms with Gasteiger partial charge in [-0.15, -0.1) is 0 Å². The first kappa shape index (κ1) is 22.5. The highest BCUT2D eigenvalue weighted by Gasteiger charge is 2.32. The molecule has 0 unspecified atom stereocenters. The van der Waals surface area contributed by atoms with Crippen molar-refractivity contribution in [1.82, 2.24) is 14.4 Å². The molecule has 34 heavy (non-hydrogen) atoms. The Balaban J connectivity index is 1.22. The van der Waals surface area contributed by atoms with Crippen molar-refractivity contribution in [2.24, 2.45) is 5.92 Å². The van der Waals surface area contributed by atoms with Crippen LogP contribution in [0.2, 0.25) is 0 Å². The molecular weight excluding hydrogens is 456 g/mol. The Hall–Kier alpha value is -3.24. The molecule has 0 radical (unpaired) electrons. The smallest absolute Gasteiger partial charge is 0.326 e. The Labute approximate surface area is 197 Å². The number of aromatic nitrogens is 2. The standard InChI is InChI=1S/C24H26N4O5S/c29-23(25-20-7-3-6-19(14-20)22-26-24(30)33-27-22)17-10-12-28(13-11-17)34(31,32)21-9-8-16-4-1-2-5-18(16)15-21/h3,6-9,14-15,17H,1-2,4-5,10-13H2,(H,25,29)(H,26,27,30). The van der Waals surface area contributed by atoms with Crippen molar-refractivity contribution in [2.75, 3.05) is 18.4 Å². The van der Waals surface area contributed by atoms with E-state index < -0.39 is 15.8 Å². The lowest BCUT2D eigenvalue weighted by molar-refractivity contribution is -0.120. The van der Waals surface area contributed by atoms with Gasteiger partial charge in [-0.2, -0.15) is 4.31 Å². The number of fused-ring (bicyclic) bond motifs is 1. The van der Waals surface area contributed by atoms with Crippen LogP contribution in [0.25, 0.3) is 11.4 Å². The summed E-state index contributed by atoms with van der Waals surface area (Å²) in [4.78, 5) is 26.8. The summed E-state index contributed by atoms with van der Waals surface area (Å²) < 4.78 is 32.4. The Bertz CT molecular complexity index is 1370. The van der Waals surface area contributed by atoms with Gasteiger partial charge in [0.1, 0.15) is 0 Å². The number of hydrogen-bond acceptors (Lipinski definition) is 6. The Morgan fingerprint density at radius 1 is 1.06 bits per heavy atom. The number of aromatic amines is 1. The number of nitrogens with one attached hydrogen (secondary N) is 2. The second-order valence-electron chi connectivity index (χ2n) is 8.83. The maximum atomic E-state index is 13.2. The van der Waals surface area contributed by atoms with Crippen LogP contribution in [0.15, 0.2) is 56.7 Å². The lowest BCUT2D eigenvalue weighted by Gasteiger charge is -2.31. The molecule has 1 amide bonds. The summed E-state index contributed by atoms with van der Waals surface area (Å²) in [5.74, 6) is -0.814.